The summed E-state index contributed by atoms with van der Waals surface area (Å²) in [4.78, 5) is 12.0. The molecule has 0 aromatic heterocycles. The molecule has 2 aromatic rings. The van der Waals surface area contributed by atoms with Crippen LogP contribution in [0.3, 0.4) is 0 Å². The van der Waals surface area contributed by atoms with E-state index in [2.05, 4.69) is 6.07 Å². The van der Waals surface area contributed by atoms with E-state index in [1.807, 2.05) is 0 Å². The zero-order valence-electron chi connectivity index (χ0n) is 15.2. The minimum absolute atomic E-state index is 0.121. The Morgan fingerprint density at radius 1 is 1.08 bits per heavy atom. The van der Waals surface area contributed by atoms with Crippen molar-refractivity contribution in [3.8, 4) is 6.07 Å². The first-order valence-electron chi connectivity index (χ1n) is 8.48. The highest BCUT2D eigenvalue weighted by Gasteiger charge is 2.24. The summed E-state index contributed by atoms with van der Waals surface area (Å²) in [6, 6.07) is 10.7. The predicted octanol–water partition coefficient (Wildman–Crippen LogP) is 4.65. The zero-order chi connectivity index (χ0) is 19.2. The van der Waals surface area contributed by atoms with E-state index in [1.54, 1.807) is 45.0 Å². The van der Waals surface area contributed by atoms with Crippen LogP contribution in [0.25, 0.3) is 10.8 Å². The molecule has 0 radical (unpaired) electrons. The number of benzene rings is 2. The lowest BCUT2D eigenvalue weighted by Crippen LogP contribution is -2.05. The summed E-state index contributed by atoms with van der Waals surface area (Å²) in [5.74, 6) is -0.481. The Labute approximate surface area is 153 Å². The summed E-state index contributed by atoms with van der Waals surface area (Å²) in [6.45, 7) is 6.08. The van der Waals surface area contributed by atoms with Crippen LogP contribution >= 0.6 is 7.60 Å². The van der Waals surface area contributed by atoms with Gasteiger partial charge in [-0.25, -0.2) is 4.79 Å². The van der Waals surface area contributed by atoms with Gasteiger partial charge in [0.05, 0.1) is 43.2 Å². The molecule has 2 aromatic carbocycles. The smallest absolute Gasteiger partial charge is 0.338 e. The minimum Gasteiger partial charge on any atom is -0.462 e. The molecule has 0 saturated carbocycles. The lowest BCUT2D eigenvalue weighted by atomic mass is 10.00. The highest BCUT2D eigenvalue weighted by molar-refractivity contribution is 7.53. The van der Waals surface area contributed by atoms with Crippen molar-refractivity contribution in [1.82, 2.24) is 0 Å². The van der Waals surface area contributed by atoms with Gasteiger partial charge in [-0.2, -0.15) is 5.26 Å². The maximum absolute atomic E-state index is 12.7. The molecule has 0 heterocycles. The Morgan fingerprint density at radius 3 is 2.35 bits per heavy atom. The SMILES string of the molecule is CCOC(=O)c1cc(C#N)c2ccc(CP(=O)(OCC)OCC)cc2c1. The number of nitrogens with zero attached hydrogens (tertiary/aromatic N) is 1. The normalized spacial score (nSPS) is 11.3. The zero-order valence-corrected chi connectivity index (χ0v) is 16.0. The number of hydrogen-bond acceptors (Lipinski definition) is 6. The van der Waals surface area contributed by atoms with Crippen molar-refractivity contribution < 1.29 is 23.1 Å². The molecule has 7 heteroatoms. The van der Waals surface area contributed by atoms with E-state index >= 15 is 0 Å². The van der Waals surface area contributed by atoms with Crippen molar-refractivity contribution in [3.05, 3.63) is 47.0 Å². The van der Waals surface area contributed by atoms with Gasteiger partial charge in [-0.05, 0) is 49.2 Å². The number of nitriles is 1. The fourth-order valence-electron chi connectivity index (χ4n) is 2.69. The third-order valence-corrected chi connectivity index (χ3v) is 5.73. The molecular weight excluding hydrogens is 353 g/mol. The maximum Gasteiger partial charge on any atom is 0.338 e. The van der Waals surface area contributed by atoms with Crippen LogP contribution in [-0.2, 0) is 24.5 Å². The topological polar surface area (TPSA) is 85.6 Å². The van der Waals surface area contributed by atoms with Crippen molar-refractivity contribution in [2.75, 3.05) is 19.8 Å². The van der Waals surface area contributed by atoms with Gasteiger partial charge in [-0.3, -0.25) is 4.57 Å². The lowest BCUT2D eigenvalue weighted by Gasteiger charge is -2.17. The van der Waals surface area contributed by atoms with Crippen molar-refractivity contribution in [1.29, 1.82) is 5.26 Å². The van der Waals surface area contributed by atoms with Gasteiger partial charge < -0.3 is 13.8 Å². The first-order valence-corrected chi connectivity index (χ1v) is 10.2. The Morgan fingerprint density at radius 2 is 1.77 bits per heavy atom. The first-order chi connectivity index (χ1) is 12.5. The molecule has 0 aliphatic rings. The molecule has 0 spiro atoms. The number of carbonyl (C=O) groups is 1. The van der Waals surface area contributed by atoms with Crippen LogP contribution in [0.15, 0.2) is 30.3 Å². The quantitative estimate of drug-likeness (QED) is 0.493. The van der Waals surface area contributed by atoms with Crippen molar-refractivity contribution in [2.45, 2.75) is 26.9 Å². The van der Waals surface area contributed by atoms with Crippen molar-refractivity contribution in [2.24, 2.45) is 0 Å². The third kappa shape index (κ3) is 4.70. The van der Waals surface area contributed by atoms with Gasteiger partial charge in [0.15, 0.2) is 0 Å². The van der Waals surface area contributed by atoms with E-state index in [9.17, 15) is 14.6 Å². The van der Waals surface area contributed by atoms with Crippen molar-refractivity contribution >= 4 is 24.3 Å². The monoisotopic (exact) mass is 375 g/mol. The Bertz CT molecular complexity index is 877. The molecule has 0 amide bonds. The number of rotatable bonds is 8. The fraction of sp³-hybridized carbons (Fsp3) is 0.368. The van der Waals surface area contributed by atoms with Crippen LogP contribution in [0.5, 0.6) is 0 Å². The third-order valence-electron chi connectivity index (χ3n) is 3.68. The number of esters is 1. The van der Waals surface area contributed by atoms with Gasteiger partial charge in [0.25, 0.3) is 0 Å². The van der Waals surface area contributed by atoms with Crippen LogP contribution in [0.4, 0.5) is 0 Å². The van der Waals surface area contributed by atoms with Gasteiger partial charge in [0, 0.05) is 0 Å². The second kappa shape index (κ2) is 8.95. The van der Waals surface area contributed by atoms with E-state index in [4.69, 9.17) is 13.8 Å². The maximum atomic E-state index is 12.7. The van der Waals surface area contributed by atoms with E-state index in [0.717, 1.165) is 5.56 Å². The van der Waals surface area contributed by atoms with Gasteiger partial charge in [-0.1, -0.05) is 18.2 Å². The average molecular weight is 375 g/mol. The van der Waals surface area contributed by atoms with Gasteiger partial charge in [0.2, 0.25) is 0 Å². The molecule has 0 bridgehead atoms. The van der Waals surface area contributed by atoms with Crippen LogP contribution in [-0.4, -0.2) is 25.8 Å². The molecule has 0 atom stereocenters. The van der Waals surface area contributed by atoms with E-state index < -0.39 is 13.6 Å². The molecule has 0 aliphatic carbocycles. The second-order valence-corrected chi connectivity index (χ2v) is 7.57. The first kappa shape index (κ1) is 20.1. The van der Waals surface area contributed by atoms with Crippen LogP contribution < -0.4 is 0 Å². The lowest BCUT2D eigenvalue weighted by molar-refractivity contribution is 0.0526. The molecule has 0 saturated heterocycles. The van der Waals surface area contributed by atoms with E-state index in [0.29, 0.717) is 21.9 Å². The van der Waals surface area contributed by atoms with Crippen molar-refractivity contribution in [3.63, 3.8) is 0 Å². The van der Waals surface area contributed by atoms with Crippen LogP contribution in [0, 0.1) is 11.3 Å². The molecule has 0 aliphatic heterocycles. The molecule has 0 fully saturated rings. The van der Waals surface area contributed by atoms with Gasteiger partial charge >= 0.3 is 13.6 Å². The fourth-order valence-corrected chi connectivity index (χ4v) is 4.38. The van der Waals surface area contributed by atoms with E-state index in [1.165, 1.54) is 6.07 Å². The standard InChI is InChI=1S/C19H22NO5P/c1-4-23-19(21)16-10-15-9-14(7-8-18(15)17(11-16)12-20)13-26(22,24-5-2)25-6-3/h7-11H,4-6,13H2,1-3H3. The highest BCUT2D eigenvalue weighted by Crippen LogP contribution is 2.51. The van der Waals surface area contributed by atoms with Crippen LogP contribution in [0.2, 0.25) is 0 Å². The van der Waals surface area contributed by atoms with E-state index in [-0.39, 0.29) is 26.0 Å². The predicted molar refractivity (Wildman–Crippen MR) is 99.2 cm³/mol. The molecule has 6 nitrogen and oxygen atoms in total. The van der Waals surface area contributed by atoms with Crippen LogP contribution in [0.1, 0.15) is 42.3 Å². The molecule has 0 unspecified atom stereocenters. The summed E-state index contributed by atoms with van der Waals surface area (Å²) in [7, 11) is -3.24. The molecule has 2 rings (SSSR count). The number of carbonyl (C=O) groups excluding carboxylic acids is 1. The molecule has 0 N–H and O–H groups in total. The Kier molecular flexibility index (Phi) is 6.93. The summed E-state index contributed by atoms with van der Waals surface area (Å²) in [5.41, 5.74) is 1.44. The minimum atomic E-state index is -3.24. The molecular formula is C19H22NO5P. The average Bonchev–Trinajstić information content (AvgIpc) is 2.60. The summed E-state index contributed by atoms with van der Waals surface area (Å²) in [6.07, 6.45) is 0.121. The highest BCUT2D eigenvalue weighted by atomic mass is 31.2. The number of ether oxygens (including phenoxy) is 1. The molecule has 138 valence electrons. The van der Waals surface area contributed by atoms with Gasteiger partial charge in [-0.15, -0.1) is 0 Å². The Balaban J connectivity index is 2.47. The number of hydrogen-bond donors (Lipinski definition) is 0. The number of fused-ring (bicyclic) bond motifs is 1. The second-order valence-electron chi connectivity index (χ2n) is 5.52. The summed E-state index contributed by atoms with van der Waals surface area (Å²) >= 11 is 0. The van der Waals surface area contributed by atoms with Gasteiger partial charge in [0.1, 0.15) is 0 Å². The molecule has 26 heavy (non-hydrogen) atoms. The summed E-state index contributed by atoms with van der Waals surface area (Å²) in [5, 5.41) is 10.8. The Hall–Kier alpha value is -2.19. The summed E-state index contributed by atoms with van der Waals surface area (Å²) < 4.78 is 28.4. The largest absolute Gasteiger partial charge is 0.462 e.